The van der Waals surface area contributed by atoms with Gasteiger partial charge in [-0.25, -0.2) is 4.98 Å². The summed E-state index contributed by atoms with van der Waals surface area (Å²) in [6, 6.07) is 13.6. The van der Waals surface area contributed by atoms with Crippen LogP contribution < -0.4 is 0 Å². The average Bonchev–Trinajstić information content (AvgIpc) is 2.47. The maximum atomic E-state index is 11.1. The number of hydrogen-bond donors (Lipinski definition) is 1. The largest absolute Gasteiger partial charge is 0.508 e. The van der Waals surface area contributed by atoms with Crippen LogP contribution in [0.2, 0.25) is 0 Å². The van der Waals surface area contributed by atoms with Crippen LogP contribution in [0.5, 0.6) is 5.75 Å². The molecule has 0 saturated carbocycles. The van der Waals surface area contributed by atoms with Gasteiger partial charge in [0.15, 0.2) is 0 Å². The van der Waals surface area contributed by atoms with Gasteiger partial charge in [0.1, 0.15) is 11.3 Å². The molecule has 0 aliphatic carbocycles. The zero-order valence-corrected chi connectivity index (χ0v) is 11.6. The molecule has 0 spiro atoms. The van der Waals surface area contributed by atoms with Crippen molar-refractivity contribution in [1.29, 1.82) is 0 Å². The number of rotatable bonds is 3. The third-order valence-electron chi connectivity index (χ3n) is 2.95. The lowest BCUT2D eigenvalue weighted by Crippen LogP contribution is -1.92. The normalized spacial score (nSPS) is 10.7. The SMILES string of the molecule is O=[N+]([O-])c1cccc2c(Sc3cccc(O)c3)ccnc12. The highest BCUT2D eigenvalue weighted by atomic mass is 32.2. The Labute approximate surface area is 124 Å². The number of phenols is 1. The summed E-state index contributed by atoms with van der Waals surface area (Å²) in [5, 5.41) is 21.3. The van der Waals surface area contributed by atoms with Crippen LogP contribution in [-0.4, -0.2) is 15.0 Å². The van der Waals surface area contributed by atoms with Crippen molar-refractivity contribution in [2.24, 2.45) is 0 Å². The molecule has 0 aliphatic rings. The molecule has 6 heteroatoms. The molecule has 0 atom stereocenters. The van der Waals surface area contributed by atoms with E-state index in [1.165, 1.54) is 17.8 Å². The summed E-state index contributed by atoms with van der Waals surface area (Å²) < 4.78 is 0. The van der Waals surface area contributed by atoms with E-state index in [9.17, 15) is 15.2 Å². The molecule has 0 saturated heterocycles. The van der Waals surface area contributed by atoms with Crippen molar-refractivity contribution >= 4 is 28.4 Å². The highest BCUT2D eigenvalue weighted by molar-refractivity contribution is 7.99. The maximum Gasteiger partial charge on any atom is 0.295 e. The Bertz CT molecular complexity index is 836. The molecule has 1 N–H and O–H groups in total. The van der Waals surface area contributed by atoms with Crippen molar-refractivity contribution in [1.82, 2.24) is 4.98 Å². The molecular formula is C15H10N2O3S. The molecule has 0 unspecified atom stereocenters. The van der Waals surface area contributed by atoms with Crippen LogP contribution in [0.25, 0.3) is 10.9 Å². The number of nitrogens with zero attached hydrogens (tertiary/aromatic N) is 2. The molecule has 0 amide bonds. The number of fused-ring (bicyclic) bond motifs is 1. The van der Waals surface area contributed by atoms with Crippen LogP contribution in [0.15, 0.2) is 64.5 Å². The number of para-hydroxylation sites is 1. The summed E-state index contributed by atoms with van der Waals surface area (Å²) in [6.07, 6.45) is 1.56. The van der Waals surface area contributed by atoms with E-state index in [4.69, 9.17) is 0 Å². The fourth-order valence-corrected chi connectivity index (χ4v) is 3.03. The van der Waals surface area contributed by atoms with Crippen molar-refractivity contribution in [3.05, 3.63) is 64.8 Å². The van der Waals surface area contributed by atoms with E-state index in [1.807, 2.05) is 6.07 Å². The first-order chi connectivity index (χ1) is 10.1. The van der Waals surface area contributed by atoms with Gasteiger partial charge in [0.2, 0.25) is 0 Å². The summed E-state index contributed by atoms with van der Waals surface area (Å²) in [6.45, 7) is 0. The van der Waals surface area contributed by atoms with Gasteiger partial charge in [-0.3, -0.25) is 10.1 Å². The van der Waals surface area contributed by atoms with E-state index in [0.717, 1.165) is 15.2 Å². The second kappa shape index (κ2) is 5.41. The Balaban J connectivity index is 2.11. The third kappa shape index (κ3) is 2.66. The second-order valence-corrected chi connectivity index (χ2v) is 5.45. The average molecular weight is 298 g/mol. The Morgan fingerprint density at radius 1 is 1.14 bits per heavy atom. The Hall–Kier alpha value is -2.60. The molecule has 3 rings (SSSR count). The third-order valence-corrected chi connectivity index (χ3v) is 4.02. The van der Waals surface area contributed by atoms with Crippen LogP contribution in [0, 0.1) is 10.1 Å². The molecular weight excluding hydrogens is 288 g/mol. The lowest BCUT2D eigenvalue weighted by atomic mass is 10.2. The number of nitro groups is 1. The molecule has 0 aliphatic heterocycles. The number of hydrogen-bond acceptors (Lipinski definition) is 5. The van der Waals surface area contributed by atoms with E-state index in [0.29, 0.717) is 5.52 Å². The summed E-state index contributed by atoms with van der Waals surface area (Å²) in [7, 11) is 0. The van der Waals surface area contributed by atoms with Gasteiger partial charge in [0.25, 0.3) is 5.69 Å². The summed E-state index contributed by atoms with van der Waals surface area (Å²) >= 11 is 1.43. The van der Waals surface area contributed by atoms with Crippen LogP contribution in [0.1, 0.15) is 0 Å². The first-order valence-electron chi connectivity index (χ1n) is 6.14. The topological polar surface area (TPSA) is 76.3 Å². The number of phenolic OH excluding ortho intramolecular Hbond substituents is 1. The Morgan fingerprint density at radius 2 is 1.95 bits per heavy atom. The Kier molecular flexibility index (Phi) is 3.45. The predicted octanol–water partition coefficient (Wildman–Crippen LogP) is 4.00. The second-order valence-electron chi connectivity index (χ2n) is 4.34. The molecule has 21 heavy (non-hydrogen) atoms. The lowest BCUT2D eigenvalue weighted by Gasteiger charge is -2.06. The van der Waals surface area contributed by atoms with Gasteiger partial charge in [0.05, 0.1) is 4.92 Å². The van der Waals surface area contributed by atoms with Crippen molar-refractivity contribution in [2.45, 2.75) is 9.79 Å². The highest BCUT2D eigenvalue weighted by Crippen LogP contribution is 2.36. The van der Waals surface area contributed by atoms with Crippen molar-refractivity contribution < 1.29 is 10.0 Å². The molecule has 104 valence electrons. The molecule has 1 aromatic heterocycles. The first-order valence-corrected chi connectivity index (χ1v) is 6.96. The van der Waals surface area contributed by atoms with Crippen LogP contribution in [0.4, 0.5) is 5.69 Å². The molecule has 3 aromatic rings. The zero-order chi connectivity index (χ0) is 14.8. The summed E-state index contributed by atoms with van der Waals surface area (Å²) in [5.41, 5.74) is 0.360. The van der Waals surface area contributed by atoms with Crippen LogP contribution in [0.3, 0.4) is 0 Å². The number of nitro benzene ring substituents is 1. The van der Waals surface area contributed by atoms with Crippen LogP contribution >= 0.6 is 11.8 Å². The van der Waals surface area contributed by atoms with Gasteiger partial charge in [0, 0.05) is 27.4 Å². The summed E-state index contributed by atoms with van der Waals surface area (Å²) in [4.78, 5) is 16.5. The smallest absolute Gasteiger partial charge is 0.295 e. The highest BCUT2D eigenvalue weighted by Gasteiger charge is 2.14. The molecule has 1 heterocycles. The number of non-ortho nitro benzene ring substituents is 1. The van der Waals surface area contributed by atoms with Crippen LogP contribution in [-0.2, 0) is 0 Å². The van der Waals surface area contributed by atoms with E-state index in [-0.39, 0.29) is 11.4 Å². The van der Waals surface area contributed by atoms with Gasteiger partial charge in [-0.05, 0) is 24.3 Å². The number of aromatic nitrogens is 1. The lowest BCUT2D eigenvalue weighted by molar-refractivity contribution is -0.383. The number of aromatic hydroxyl groups is 1. The van der Waals surface area contributed by atoms with Gasteiger partial charge >= 0.3 is 0 Å². The fraction of sp³-hybridized carbons (Fsp3) is 0. The molecule has 0 fully saturated rings. The molecule has 0 bridgehead atoms. The van der Waals surface area contributed by atoms with Crippen molar-refractivity contribution in [3.63, 3.8) is 0 Å². The first kappa shape index (κ1) is 13.4. The van der Waals surface area contributed by atoms with E-state index >= 15 is 0 Å². The van der Waals surface area contributed by atoms with Crippen molar-refractivity contribution in [3.8, 4) is 5.75 Å². The minimum atomic E-state index is -0.432. The van der Waals surface area contributed by atoms with Gasteiger partial charge in [-0.1, -0.05) is 30.0 Å². The van der Waals surface area contributed by atoms with E-state index < -0.39 is 4.92 Å². The van der Waals surface area contributed by atoms with E-state index in [1.54, 1.807) is 42.6 Å². The molecule has 0 radical (unpaired) electrons. The van der Waals surface area contributed by atoms with Gasteiger partial charge in [-0.15, -0.1) is 0 Å². The standard InChI is InChI=1S/C15H10N2O3S/c18-10-3-1-4-11(9-10)21-14-7-8-16-15-12(14)5-2-6-13(15)17(19)20/h1-9,18H. The Morgan fingerprint density at radius 3 is 2.71 bits per heavy atom. The van der Waals surface area contributed by atoms with Gasteiger partial charge in [-0.2, -0.15) is 0 Å². The van der Waals surface area contributed by atoms with E-state index in [2.05, 4.69) is 4.98 Å². The predicted molar refractivity (Wildman–Crippen MR) is 80.6 cm³/mol. The molecule has 5 nitrogen and oxygen atoms in total. The zero-order valence-electron chi connectivity index (χ0n) is 10.8. The number of pyridine rings is 1. The fourth-order valence-electron chi connectivity index (χ4n) is 2.05. The quantitative estimate of drug-likeness (QED) is 0.584. The minimum Gasteiger partial charge on any atom is -0.508 e. The minimum absolute atomic E-state index is 0.00846. The van der Waals surface area contributed by atoms with Crippen molar-refractivity contribution in [2.75, 3.05) is 0 Å². The monoisotopic (exact) mass is 298 g/mol. The summed E-state index contributed by atoms with van der Waals surface area (Å²) in [5.74, 6) is 0.185. The number of benzene rings is 2. The maximum absolute atomic E-state index is 11.1. The van der Waals surface area contributed by atoms with Gasteiger partial charge < -0.3 is 5.11 Å². The molecule has 2 aromatic carbocycles.